The molecule has 0 saturated heterocycles. The molecule has 0 aromatic heterocycles. The summed E-state index contributed by atoms with van der Waals surface area (Å²) in [5.74, 6) is 0.617. The predicted molar refractivity (Wildman–Crippen MR) is 79.6 cm³/mol. The maximum absolute atomic E-state index is 10.5. The summed E-state index contributed by atoms with van der Waals surface area (Å²) in [6, 6.07) is 13.2. The summed E-state index contributed by atoms with van der Waals surface area (Å²) in [4.78, 5) is 10.1. The topological polar surface area (TPSA) is 52.4 Å². The number of thiocarbonyl (C=S) groups is 1. The van der Waals surface area contributed by atoms with Gasteiger partial charge in [-0.15, -0.1) is 0 Å². The van der Waals surface area contributed by atoms with E-state index < -0.39 is 4.92 Å². The second-order valence-electron chi connectivity index (χ2n) is 3.65. The number of nitrogens with zero attached hydrogens (tertiary/aromatic N) is 1. The Morgan fingerprint density at radius 1 is 1.11 bits per heavy atom. The van der Waals surface area contributed by atoms with Gasteiger partial charge in [-0.25, -0.2) is 0 Å². The van der Waals surface area contributed by atoms with Gasteiger partial charge in [-0.3, -0.25) is 10.1 Å². The molecule has 0 unspecified atom stereocenters. The van der Waals surface area contributed by atoms with Gasteiger partial charge in [0.2, 0.25) is 0 Å². The van der Waals surface area contributed by atoms with Crippen molar-refractivity contribution < 1.29 is 9.66 Å². The molecule has 19 heavy (non-hydrogen) atoms. The SMILES string of the molecule is O=[N+]([O-])c1ccc(C(=S)Oc2ccc(Br)cc2)cc1. The van der Waals surface area contributed by atoms with Crippen molar-refractivity contribution in [2.75, 3.05) is 0 Å². The molecule has 0 fully saturated rings. The molecule has 0 atom stereocenters. The quantitative estimate of drug-likeness (QED) is 0.480. The molecule has 0 spiro atoms. The third kappa shape index (κ3) is 3.59. The number of ether oxygens (including phenoxy) is 1. The molecule has 0 aliphatic heterocycles. The number of halogens is 1. The van der Waals surface area contributed by atoms with E-state index in [4.69, 9.17) is 17.0 Å². The number of hydrogen-bond donors (Lipinski definition) is 0. The molecule has 2 aromatic carbocycles. The van der Waals surface area contributed by atoms with Crippen molar-refractivity contribution in [1.29, 1.82) is 0 Å². The van der Waals surface area contributed by atoms with Gasteiger partial charge in [0.05, 0.1) is 4.92 Å². The second kappa shape index (κ2) is 5.90. The van der Waals surface area contributed by atoms with Gasteiger partial charge in [-0.1, -0.05) is 15.9 Å². The molecular formula is C13H8BrNO3S. The fraction of sp³-hybridized carbons (Fsp3) is 0. The largest absolute Gasteiger partial charge is 0.445 e. The zero-order valence-electron chi connectivity index (χ0n) is 9.58. The third-order valence-electron chi connectivity index (χ3n) is 2.34. The number of nitro benzene ring substituents is 1. The number of rotatable bonds is 3. The van der Waals surface area contributed by atoms with E-state index >= 15 is 0 Å². The summed E-state index contributed by atoms with van der Waals surface area (Å²) >= 11 is 8.47. The number of nitro groups is 1. The summed E-state index contributed by atoms with van der Waals surface area (Å²) in [5.41, 5.74) is 0.652. The predicted octanol–water partition coefficient (Wildman–Crippen LogP) is 4.11. The van der Waals surface area contributed by atoms with Crippen molar-refractivity contribution in [2.45, 2.75) is 0 Å². The lowest BCUT2D eigenvalue weighted by Crippen LogP contribution is -2.06. The maximum atomic E-state index is 10.5. The molecule has 0 saturated carbocycles. The van der Waals surface area contributed by atoms with Crippen LogP contribution < -0.4 is 4.74 Å². The van der Waals surface area contributed by atoms with Crippen LogP contribution in [0, 0.1) is 10.1 Å². The second-order valence-corrected chi connectivity index (χ2v) is 4.93. The van der Waals surface area contributed by atoms with E-state index in [1.807, 2.05) is 12.1 Å². The van der Waals surface area contributed by atoms with Crippen LogP contribution in [0.2, 0.25) is 0 Å². The Morgan fingerprint density at radius 3 is 2.21 bits per heavy atom. The highest BCUT2D eigenvalue weighted by Gasteiger charge is 2.08. The van der Waals surface area contributed by atoms with Crippen LogP contribution in [-0.4, -0.2) is 9.97 Å². The summed E-state index contributed by atoms with van der Waals surface area (Å²) < 4.78 is 6.44. The van der Waals surface area contributed by atoms with E-state index in [0.717, 1.165) is 4.47 Å². The van der Waals surface area contributed by atoms with Crippen molar-refractivity contribution in [3.63, 3.8) is 0 Å². The smallest absolute Gasteiger partial charge is 0.269 e. The highest BCUT2D eigenvalue weighted by Crippen LogP contribution is 2.19. The fourth-order valence-corrected chi connectivity index (χ4v) is 1.88. The van der Waals surface area contributed by atoms with Crippen LogP contribution in [0.25, 0.3) is 0 Å². The van der Waals surface area contributed by atoms with Crippen LogP contribution in [0.3, 0.4) is 0 Å². The van der Waals surface area contributed by atoms with Crippen LogP contribution >= 0.6 is 28.1 Å². The molecular weight excluding hydrogens is 330 g/mol. The van der Waals surface area contributed by atoms with Crippen molar-refractivity contribution in [3.05, 3.63) is 68.7 Å². The van der Waals surface area contributed by atoms with E-state index in [1.54, 1.807) is 24.3 Å². The molecule has 2 aromatic rings. The standard InChI is InChI=1S/C13H8BrNO3S/c14-10-3-7-12(8-4-10)18-13(19)9-1-5-11(6-2-9)15(16)17/h1-8H. The molecule has 0 bridgehead atoms. The lowest BCUT2D eigenvalue weighted by molar-refractivity contribution is -0.384. The van der Waals surface area contributed by atoms with Gasteiger partial charge in [-0.2, -0.15) is 0 Å². The zero-order chi connectivity index (χ0) is 13.8. The third-order valence-corrected chi connectivity index (χ3v) is 3.19. The average molecular weight is 338 g/mol. The number of hydrogen-bond acceptors (Lipinski definition) is 4. The van der Waals surface area contributed by atoms with E-state index in [-0.39, 0.29) is 10.7 Å². The highest BCUT2D eigenvalue weighted by atomic mass is 79.9. The van der Waals surface area contributed by atoms with E-state index in [9.17, 15) is 10.1 Å². The van der Waals surface area contributed by atoms with Crippen LogP contribution in [-0.2, 0) is 0 Å². The normalized spacial score (nSPS) is 9.95. The highest BCUT2D eigenvalue weighted by molar-refractivity contribution is 9.10. The monoisotopic (exact) mass is 337 g/mol. The summed E-state index contributed by atoms with van der Waals surface area (Å²) in [5, 5.41) is 10.8. The molecule has 6 heteroatoms. The first kappa shape index (κ1) is 13.6. The molecule has 4 nitrogen and oxygen atoms in total. The van der Waals surface area contributed by atoms with Gasteiger partial charge in [-0.05, 0) is 48.6 Å². The van der Waals surface area contributed by atoms with Gasteiger partial charge in [0, 0.05) is 22.2 Å². The van der Waals surface area contributed by atoms with Crippen molar-refractivity contribution >= 4 is 38.9 Å². The molecule has 0 amide bonds. The molecule has 0 radical (unpaired) electrons. The Labute approximate surface area is 123 Å². The van der Waals surface area contributed by atoms with Gasteiger partial charge >= 0.3 is 0 Å². The Kier molecular flexibility index (Phi) is 4.24. The molecule has 96 valence electrons. The van der Waals surface area contributed by atoms with Gasteiger partial charge in [0.1, 0.15) is 5.75 Å². The van der Waals surface area contributed by atoms with Crippen molar-refractivity contribution in [1.82, 2.24) is 0 Å². The Hall–Kier alpha value is -1.79. The lowest BCUT2D eigenvalue weighted by atomic mass is 10.2. The molecule has 0 N–H and O–H groups in total. The van der Waals surface area contributed by atoms with E-state index in [1.165, 1.54) is 12.1 Å². The van der Waals surface area contributed by atoms with Gasteiger partial charge in [0.15, 0.2) is 5.05 Å². The summed E-state index contributed by atoms with van der Waals surface area (Å²) in [7, 11) is 0. The van der Waals surface area contributed by atoms with Crippen LogP contribution in [0.1, 0.15) is 5.56 Å². The fourth-order valence-electron chi connectivity index (χ4n) is 1.39. The zero-order valence-corrected chi connectivity index (χ0v) is 12.0. The minimum Gasteiger partial charge on any atom is -0.445 e. The molecule has 0 aliphatic rings. The van der Waals surface area contributed by atoms with Gasteiger partial charge in [0.25, 0.3) is 5.69 Å². The van der Waals surface area contributed by atoms with Crippen LogP contribution in [0.4, 0.5) is 5.69 Å². The molecule has 0 aliphatic carbocycles. The van der Waals surface area contributed by atoms with Crippen molar-refractivity contribution in [2.24, 2.45) is 0 Å². The van der Waals surface area contributed by atoms with Crippen LogP contribution in [0.5, 0.6) is 5.75 Å². The first-order valence-electron chi connectivity index (χ1n) is 5.28. The van der Waals surface area contributed by atoms with Gasteiger partial charge < -0.3 is 4.74 Å². The minimum absolute atomic E-state index is 0.0233. The Morgan fingerprint density at radius 2 is 1.68 bits per heavy atom. The lowest BCUT2D eigenvalue weighted by Gasteiger charge is -2.06. The maximum Gasteiger partial charge on any atom is 0.269 e. The first-order chi connectivity index (χ1) is 9.06. The Balaban J connectivity index is 2.11. The van der Waals surface area contributed by atoms with Crippen LogP contribution in [0.15, 0.2) is 53.0 Å². The van der Waals surface area contributed by atoms with E-state index in [2.05, 4.69) is 15.9 Å². The minimum atomic E-state index is -0.456. The summed E-state index contributed by atoms with van der Waals surface area (Å²) in [6.07, 6.45) is 0. The summed E-state index contributed by atoms with van der Waals surface area (Å²) in [6.45, 7) is 0. The average Bonchev–Trinajstić information content (AvgIpc) is 2.41. The number of non-ortho nitro benzene ring substituents is 1. The Bertz CT molecular complexity index is 611. The molecule has 2 rings (SSSR count). The van der Waals surface area contributed by atoms with E-state index in [0.29, 0.717) is 11.3 Å². The number of benzene rings is 2. The van der Waals surface area contributed by atoms with Crippen molar-refractivity contribution in [3.8, 4) is 5.75 Å². The first-order valence-corrected chi connectivity index (χ1v) is 6.48. The molecule has 0 heterocycles.